The highest BCUT2D eigenvalue weighted by Crippen LogP contribution is 2.23. The van der Waals surface area contributed by atoms with Crippen LogP contribution >= 0.6 is 0 Å². The quantitative estimate of drug-likeness (QED) is 0.849. The first-order valence-electron chi connectivity index (χ1n) is 5.89. The molecule has 5 heteroatoms. The van der Waals surface area contributed by atoms with Crippen molar-refractivity contribution in [3.63, 3.8) is 0 Å². The lowest BCUT2D eigenvalue weighted by molar-refractivity contribution is -0.131. The molecule has 1 amide bonds. The molecule has 0 spiro atoms. The van der Waals surface area contributed by atoms with Gasteiger partial charge in [-0.1, -0.05) is 17.3 Å². The van der Waals surface area contributed by atoms with E-state index in [9.17, 15) is 9.90 Å². The van der Waals surface area contributed by atoms with E-state index in [2.05, 4.69) is 10.5 Å². The van der Waals surface area contributed by atoms with Crippen molar-refractivity contribution in [1.82, 2.24) is 5.32 Å². The van der Waals surface area contributed by atoms with Crippen molar-refractivity contribution in [2.24, 2.45) is 5.16 Å². The monoisotopic (exact) mass is 248 g/mol. The lowest BCUT2D eigenvalue weighted by Gasteiger charge is -2.11. The Morgan fingerprint density at radius 3 is 2.89 bits per heavy atom. The van der Waals surface area contributed by atoms with Crippen LogP contribution in [0.3, 0.4) is 0 Å². The summed E-state index contributed by atoms with van der Waals surface area (Å²) in [5.41, 5.74) is 1.20. The molecule has 1 aliphatic rings. The maximum atomic E-state index is 11.7. The molecule has 0 saturated heterocycles. The predicted octanol–water partition coefficient (Wildman–Crippen LogP) is 1.41. The number of carbonyl (C=O) groups excluding carboxylic acids is 1. The lowest BCUT2D eigenvalue weighted by Crippen LogP contribution is -2.38. The van der Waals surface area contributed by atoms with Crippen LogP contribution in [-0.2, 0) is 9.63 Å². The van der Waals surface area contributed by atoms with E-state index < -0.39 is 6.10 Å². The number of carbonyl (C=O) groups is 1. The molecule has 1 atom stereocenters. The first-order valence-corrected chi connectivity index (χ1v) is 5.89. The van der Waals surface area contributed by atoms with Crippen molar-refractivity contribution in [1.29, 1.82) is 0 Å². The predicted molar refractivity (Wildman–Crippen MR) is 67.4 cm³/mol. The topological polar surface area (TPSA) is 70.9 Å². The van der Waals surface area contributed by atoms with Crippen molar-refractivity contribution in [3.8, 4) is 5.75 Å². The molecule has 0 saturated carbocycles. The Bertz CT molecular complexity index is 483. The number of hydrogen-bond acceptors (Lipinski definition) is 4. The van der Waals surface area contributed by atoms with Crippen LogP contribution in [0, 0.1) is 0 Å². The van der Waals surface area contributed by atoms with Gasteiger partial charge in [0, 0.05) is 18.0 Å². The number of oxime groups is 1. The molecule has 1 heterocycles. The van der Waals surface area contributed by atoms with Gasteiger partial charge in [0.25, 0.3) is 5.91 Å². The average Bonchev–Trinajstić information content (AvgIpc) is 2.78. The third-order valence-electron chi connectivity index (χ3n) is 2.61. The molecule has 0 unspecified atom stereocenters. The maximum absolute atomic E-state index is 11.7. The van der Waals surface area contributed by atoms with Crippen LogP contribution in [0.4, 0.5) is 0 Å². The number of aromatic hydroxyl groups is 1. The van der Waals surface area contributed by atoms with Crippen LogP contribution < -0.4 is 5.32 Å². The number of rotatable bonds is 3. The van der Waals surface area contributed by atoms with Gasteiger partial charge in [-0.25, -0.2) is 0 Å². The molecule has 96 valence electrons. The summed E-state index contributed by atoms with van der Waals surface area (Å²) in [6.45, 7) is 3.77. The zero-order valence-corrected chi connectivity index (χ0v) is 10.4. The minimum atomic E-state index is -0.609. The maximum Gasteiger partial charge on any atom is 0.264 e. The molecule has 1 aromatic rings. The second kappa shape index (κ2) is 5.08. The van der Waals surface area contributed by atoms with Crippen molar-refractivity contribution >= 4 is 11.6 Å². The summed E-state index contributed by atoms with van der Waals surface area (Å²) in [6, 6.07) is 6.94. The zero-order chi connectivity index (χ0) is 13.1. The Labute approximate surface area is 105 Å². The normalized spacial score (nSPS) is 18.4. The molecule has 0 bridgehead atoms. The summed E-state index contributed by atoms with van der Waals surface area (Å²) < 4.78 is 0. The summed E-state index contributed by atoms with van der Waals surface area (Å²) in [5.74, 6) is -0.0380. The van der Waals surface area contributed by atoms with Gasteiger partial charge in [-0.05, 0) is 26.0 Å². The molecule has 18 heavy (non-hydrogen) atoms. The number of phenolic OH excluding ortho intramolecular Hbond substituents is 1. The Balaban J connectivity index is 2.04. The minimum absolute atomic E-state index is 0.0651. The summed E-state index contributed by atoms with van der Waals surface area (Å²) >= 11 is 0. The van der Waals surface area contributed by atoms with Crippen molar-refractivity contribution in [2.75, 3.05) is 0 Å². The van der Waals surface area contributed by atoms with Gasteiger partial charge >= 0.3 is 0 Å². The molecule has 0 aliphatic carbocycles. The van der Waals surface area contributed by atoms with Crippen LogP contribution in [-0.4, -0.2) is 28.9 Å². The van der Waals surface area contributed by atoms with E-state index in [1.54, 1.807) is 24.3 Å². The van der Waals surface area contributed by atoms with Gasteiger partial charge in [0.2, 0.25) is 6.10 Å². The summed E-state index contributed by atoms with van der Waals surface area (Å²) in [7, 11) is 0. The molecule has 2 N–H and O–H groups in total. The van der Waals surface area contributed by atoms with E-state index in [0.29, 0.717) is 17.7 Å². The van der Waals surface area contributed by atoms with Gasteiger partial charge in [0.15, 0.2) is 0 Å². The first kappa shape index (κ1) is 12.4. The highest BCUT2D eigenvalue weighted by molar-refractivity contribution is 6.05. The van der Waals surface area contributed by atoms with Crippen LogP contribution in [0.1, 0.15) is 25.8 Å². The van der Waals surface area contributed by atoms with E-state index >= 15 is 0 Å². The number of para-hydroxylation sites is 1. The van der Waals surface area contributed by atoms with Gasteiger partial charge in [-0.3, -0.25) is 4.79 Å². The lowest BCUT2D eigenvalue weighted by atomic mass is 10.0. The third kappa shape index (κ3) is 2.61. The molecule has 2 rings (SSSR count). The second-order valence-corrected chi connectivity index (χ2v) is 4.52. The highest BCUT2D eigenvalue weighted by atomic mass is 16.6. The zero-order valence-electron chi connectivity index (χ0n) is 10.4. The van der Waals surface area contributed by atoms with Gasteiger partial charge in [-0.2, -0.15) is 0 Å². The summed E-state index contributed by atoms with van der Waals surface area (Å²) in [4.78, 5) is 16.8. The summed E-state index contributed by atoms with van der Waals surface area (Å²) in [5, 5.41) is 16.3. The third-order valence-corrected chi connectivity index (χ3v) is 2.61. The largest absolute Gasteiger partial charge is 0.507 e. The molecule has 0 fully saturated rings. The fourth-order valence-electron chi connectivity index (χ4n) is 1.77. The van der Waals surface area contributed by atoms with Crippen LogP contribution in [0.25, 0.3) is 0 Å². The molecule has 0 radical (unpaired) electrons. The Kier molecular flexibility index (Phi) is 3.50. The average molecular weight is 248 g/mol. The fraction of sp³-hybridized carbons (Fsp3) is 0.385. The number of nitrogens with one attached hydrogen (secondary N) is 1. The number of benzene rings is 1. The van der Waals surface area contributed by atoms with Gasteiger partial charge in [0.05, 0.1) is 5.71 Å². The molecule has 1 aliphatic heterocycles. The SMILES string of the molecule is CC(C)NC(=O)[C@H]1CC(c2ccccc2O)=NO1. The number of amides is 1. The van der Waals surface area contributed by atoms with Crippen molar-refractivity contribution in [3.05, 3.63) is 29.8 Å². The number of nitrogens with zero attached hydrogens (tertiary/aromatic N) is 1. The Morgan fingerprint density at radius 2 is 2.22 bits per heavy atom. The van der Waals surface area contributed by atoms with Gasteiger partial charge in [0.1, 0.15) is 5.75 Å². The van der Waals surface area contributed by atoms with E-state index in [0.717, 1.165) is 0 Å². The van der Waals surface area contributed by atoms with E-state index in [4.69, 9.17) is 4.84 Å². The van der Waals surface area contributed by atoms with Gasteiger partial charge < -0.3 is 15.3 Å². The Morgan fingerprint density at radius 1 is 1.50 bits per heavy atom. The number of phenols is 1. The first-order chi connectivity index (χ1) is 8.58. The molecular weight excluding hydrogens is 232 g/mol. The fourth-order valence-corrected chi connectivity index (χ4v) is 1.77. The minimum Gasteiger partial charge on any atom is -0.507 e. The standard InChI is InChI=1S/C13H16N2O3/c1-8(2)14-13(17)12-7-10(15-18-12)9-5-3-4-6-11(9)16/h3-6,8,12,16H,7H2,1-2H3,(H,14,17)/t12-/m1/s1. The highest BCUT2D eigenvalue weighted by Gasteiger charge is 2.29. The van der Waals surface area contributed by atoms with Gasteiger partial charge in [-0.15, -0.1) is 0 Å². The number of hydrogen-bond donors (Lipinski definition) is 2. The van der Waals surface area contributed by atoms with Crippen LogP contribution in [0.2, 0.25) is 0 Å². The molecule has 5 nitrogen and oxygen atoms in total. The molecular formula is C13H16N2O3. The smallest absolute Gasteiger partial charge is 0.264 e. The Hall–Kier alpha value is -2.04. The van der Waals surface area contributed by atoms with E-state index in [-0.39, 0.29) is 17.7 Å². The molecule has 1 aromatic carbocycles. The van der Waals surface area contributed by atoms with E-state index in [1.807, 2.05) is 13.8 Å². The van der Waals surface area contributed by atoms with E-state index in [1.165, 1.54) is 0 Å². The molecule has 0 aromatic heterocycles. The second-order valence-electron chi connectivity index (χ2n) is 4.52. The van der Waals surface area contributed by atoms with Crippen molar-refractivity contribution in [2.45, 2.75) is 32.4 Å². The van der Waals surface area contributed by atoms with Crippen LogP contribution in [0.5, 0.6) is 5.75 Å². The summed E-state index contributed by atoms with van der Waals surface area (Å²) in [6.07, 6.45) is -0.238. The van der Waals surface area contributed by atoms with Crippen molar-refractivity contribution < 1.29 is 14.7 Å². The van der Waals surface area contributed by atoms with Crippen LogP contribution in [0.15, 0.2) is 29.4 Å².